The van der Waals surface area contributed by atoms with Crippen LogP contribution in [0.3, 0.4) is 0 Å². The summed E-state index contributed by atoms with van der Waals surface area (Å²) in [5.41, 5.74) is 4.89. The van der Waals surface area contributed by atoms with Crippen LogP contribution >= 0.6 is 0 Å². The van der Waals surface area contributed by atoms with Crippen molar-refractivity contribution in [1.82, 2.24) is 0 Å². The van der Waals surface area contributed by atoms with E-state index >= 15 is 0 Å². The second-order valence-electron chi connectivity index (χ2n) is 4.49. The van der Waals surface area contributed by atoms with Crippen molar-refractivity contribution in [2.75, 3.05) is 0 Å². The summed E-state index contributed by atoms with van der Waals surface area (Å²) in [5.74, 6) is -3.42. The first-order chi connectivity index (χ1) is 9.32. The molecule has 1 rings (SSSR count). The molecule has 6 heteroatoms. The van der Waals surface area contributed by atoms with E-state index in [1.807, 2.05) is 0 Å². The number of nitrogens with two attached hydrogens (primary N) is 1. The molecule has 0 spiro atoms. The van der Waals surface area contributed by atoms with E-state index in [0.29, 0.717) is 0 Å². The Morgan fingerprint density at radius 1 is 1.25 bits per heavy atom. The Morgan fingerprint density at radius 2 is 1.85 bits per heavy atom. The number of carbonyl (C=O) groups is 3. The smallest absolute Gasteiger partial charge is 0.309 e. The van der Waals surface area contributed by atoms with Crippen LogP contribution in [0.1, 0.15) is 30.6 Å². The molecule has 20 heavy (non-hydrogen) atoms. The molecule has 2 N–H and O–H groups in total. The average molecular weight is 281 g/mol. The van der Waals surface area contributed by atoms with E-state index < -0.39 is 35.5 Å². The molecule has 1 aromatic rings. The van der Waals surface area contributed by atoms with Gasteiger partial charge in [0.25, 0.3) is 5.91 Å². The molecule has 5 nitrogen and oxygen atoms in total. The topological polar surface area (TPSA) is 86.5 Å². The largest absolute Gasteiger partial charge is 0.452 e. The molecule has 0 aliphatic rings. The number of amides is 1. The summed E-state index contributed by atoms with van der Waals surface area (Å²) in [5, 5.41) is 0. The molecule has 0 saturated heterocycles. The van der Waals surface area contributed by atoms with Gasteiger partial charge in [-0.1, -0.05) is 19.1 Å². The number of rotatable bonds is 6. The number of esters is 1. The van der Waals surface area contributed by atoms with E-state index in [2.05, 4.69) is 0 Å². The zero-order chi connectivity index (χ0) is 15.3. The summed E-state index contributed by atoms with van der Waals surface area (Å²) in [7, 11) is 0. The van der Waals surface area contributed by atoms with E-state index in [4.69, 9.17) is 10.5 Å². The van der Waals surface area contributed by atoms with E-state index in [1.165, 1.54) is 38.1 Å². The molecule has 0 heterocycles. The van der Waals surface area contributed by atoms with Gasteiger partial charge in [-0.3, -0.25) is 14.4 Å². The van der Waals surface area contributed by atoms with E-state index in [0.717, 1.165) is 0 Å². The van der Waals surface area contributed by atoms with Crippen molar-refractivity contribution in [3.05, 3.63) is 35.6 Å². The van der Waals surface area contributed by atoms with Gasteiger partial charge >= 0.3 is 5.97 Å². The van der Waals surface area contributed by atoms with Crippen molar-refractivity contribution in [1.29, 1.82) is 0 Å². The Hall–Kier alpha value is -2.24. The van der Waals surface area contributed by atoms with Crippen LogP contribution in [-0.2, 0) is 14.3 Å². The van der Waals surface area contributed by atoms with Gasteiger partial charge in [-0.15, -0.1) is 0 Å². The average Bonchev–Trinajstić information content (AvgIpc) is 2.38. The maximum absolute atomic E-state index is 13.4. The number of hydrogen-bond acceptors (Lipinski definition) is 4. The van der Waals surface area contributed by atoms with Gasteiger partial charge in [0.2, 0.25) is 0 Å². The Morgan fingerprint density at radius 3 is 2.40 bits per heavy atom. The van der Waals surface area contributed by atoms with Crippen LogP contribution in [0.15, 0.2) is 24.3 Å². The standard InChI is InChI=1S/C14H16FNO4/c1-8(14(19)20-9(2)13(16)18)7-12(17)10-5-3-4-6-11(10)15/h3-6,8-9H,7H2,1-2H3,(H2,16,18)/t8-,9-/m1/s1. The number of hydrogen-bond donors (Lipinski definition) is 1. The lowest BCUT2D eigenvalue weighted by atomic mass is 9.99. The Kier molecular flexibility index (Phi) is 5.37. The van der Waals surface area contributed by atoms with E-state index in [-0.39, 0.29) is 12.0 Å². The molecule has 0 aliphatic heterocycles. The van der Waals surface area contributed by atoms with E-state index in [9.17, 15) is 18.8 Å². The molecule has 1 aromatic carbocycles. The van der Waals surface area contributed by atoms with Crippen molar-refractivity contribution >= 4 is 17.7 Å². The lowest BCUT2D eigenvalue weighted by Crippen LogP contribution is -2.32. The number of primary amides is 1. The first-order valence-corrected chi connectivity index (χ1v) is 6.10. The first-order valence-electron chi connectivity index (χ1n) is 6.10. The summed E-state index contributed by atoms with van der Waals surface area (Å²) in [6, 6.07) is 5.53. The van der Waals surface area contributed by atoms with Crippen molar-refractivity contribution in [2.24, 2.45) is 11.7 Å². The van der Waals surface area contributed by atoms with Gasteiger partial charge < -0.3 is 10.5 Å². The van der Waals surface area contributed by atoms with Crippen LogP contribution in [0.25, 0.3) is 0 Å². The van der Waals surface area contributed by atoms with Crippen LogP contribution in [0.5, 0.6) is 0 Å². The molecular weight excluding hydrogens is 265 g/mol. The Labute approximate surface area is 115 Å². The molecule has 0 radical (unpaired) electrons. The zero-order valence-corrected chi connectivity index (χ0v) is 11.3. The minimum atomic E-state index is -1.06. The predicted molar refractivity (Wildman–Crippen MR) is 69.3 cm³/mol. The molecule has 0 aromatic heterocycles. The summed E-state index contributed by atoms with van der Waals surface area (Å²) in [4.78, 5) is 34.3. The molecular formula is C14H16FNO4. The van der Waals surface area contributed by atoms with Gasteiger partial charge in [0.15, 0.2) is 11.9 Å². The van der Waals surface area contributed by atoms with Crippen molar-refractivity contribution in [3.63, 3.8) is 0 Å². The minimum Gasteiger partial charge on any atom is -0.452 e. The second kappa shape index (κ2) is 6.79. The predicted octanol–water partition coefficient (Wildman–Crippen LogP) is 1.45. The van der Waals surface area contributed by atoms with Gasteiger partial charge in [-0.05, 0) is 19.1 Å². The van der Waals surface area contributed by atoms with Crippen LogP contribution in [-0.4, -0.2) is 23.8 Å². The zero-order valence-electron chi connectivity index (χ0n) is 11.3. The fourth-order valence-corrected chi connectivity index (χ4v) is 1.51. The summed E-state index contributed by atoms with van der Waals surface area (Å²) >= 11 is 0. The second-order valence-corrected chi connectivity index (χ2v) is 4.49. The van der Waals surface area contributed by atoms with Crippen LogP contribution in [0.2, 0.25) is 0 Å². The Balaban J connectivity index is 2.64. The van der Waals surface area contributed by atoms with Gasteiger partial charge in [0.05, 0.1) is 11.5 Å². The summed E-state index contributed by atoms with van der Waals surface area (Å²) < 4.78 is 18.2. The fourth-order valence-electron chi connectivity index (χ4n) is 1.51. The van der Waals surface area contributed by atoms with Crippen molar-refractivity contribution < 1.29 is 23.5 Å². The molecule has 1 amide bonds. The number of halogens is 1. The maximum Gasteiger partial charge on any atom is 0.309 e. The normalized spacial score (nSPS) is 13.3. The molecule has 0 saturated carbocycles. The molecule has 0 aliphatic carbocycles. The van der Waals surface area contributed by atoms with Crippen LogP contribution < -0.4 is 5.73 Å². The first kappa shape index (κ1) is 15.8. The number of benzene rings is 1. The number of ether oxygens (including phenoxy) is 1. The van der Waals surface area contributed by atoms with Gasteiger partial charge in [-0.2, -0.15) is 0 Å². The van der Waals surface area contributed by atoms with Crippen molar-refractivity contribution in [3.8, 4) is 0 Å². The fraction of sp³-hybridized carbons (Fsp3) is 0.357. The molecule has 0 unspecified atom stereocenters. The molecule has 108 valence electrons. The summed E-state index contributed by atoms with van der Waals surface area (Å²) in [6.07, 6.45) is -1.26. The number of ketones is 1. The molecule has 0 fully saturated rings. The minimum absolute atomic E-state index is 0.0740. The van der Waals surface area contributed by atoms with Crippen LogP contribution in [0.4, 0.5) is 4.39 Å². The highest BCUT2D eigenvalue weighted by atomic mass is 19.1. The van der Waals surface area contributed by atoms with Gasteiger partial charge in [0.1, 0.15) is 5.82 Å². The Bertz CT molecular complexity index is 530. The molecule has 2 atom stereocenters. The van der Waals surface area contributed by atoms with Crippen molar-refractivity contribution in [2.45, 2.75) is 26.4 Å². The monoisotopic (exact) mass is 281 g/mol. The highest BCUT2D eigenvalue weighted by molar-refractivity contribution is 5.98. The highest BCUT2D eigenvalue weighted by Crippen LogP contribution is 2.14. The van der Waals surface area contributed by atoms with E-state index in [1.54, 1.807) is 0 Å². The third kappa shape index (κ3) is 4.15. The molecule has 0 bridgehead atoms. The highest BCUT2D eigenvalue weighted by Gasteiger charge is 2.23. The number of carbonyl (C=O) groups excluding carboxylic acids is 3. The van der Waals surface area contributed by atoms with Gasteiger partial charge in [0, 0.05) is 6.42 Å². The third-order valence-corrected chi connectivity index (χ3v) is 2.76. The van der Waals surface area contributed by atoms with Crippen LogP contribution in [0, 0.1) is 11.7 Å². The lowest BCUT2D eigenvalue weighted by Gasteiger charge is -2.14. The summed E-state index contributed by atoms with van der Waals surface area (Å²) in [6.45, 7) is 2.81. The SMILES string of the molecule is C[C@H](CC(=O)c1ccccc1F)C(=O)O[C@H](C)C(N)=O. The number of Topliss-reactive ketones (excluding diaryl/α,β-unsaturated/α-hetero) is 1. The quantitative estimate of drug-likeness (QED) is 0.631. The third-order valence-electron chi connectivity index (χ3n) is 2.76. The van der Waals surface area contributed by atoms with Gasteiger partial charge in [-0.25, -0.2) is 4.39 Å². The maximum atomic E-state index is 13.4. The lowest BCUT2D eigenvalue weighted by molar-refractivity contribution is -0.157.